The van der Waals surface area contributed by atoms with E-state index in [4.69, 9.17) is 9.47 Å². The molecule has 1 aromatic carbocycles. The van der Waals surface area contributed by atoms with Crippen LogP contribution in [0.3, 0.4) is 0 Å². The molecule has 0 spiro atoms. The van der Waals surface area contributed by atoms with E-state index in [0.717, 1.165) is 61.2 Å². The van der Waals surface area contributed by atoms with Crippen molar-refractivity contribution >= 4 is 5.96 Å². The van der Waals surface area contributed by atoms with E-state index in [2.05, 4.69) is 44.2 Å². The van der Waals surface area contributed by atoms with Gasteiger partial charge in [0.05, 0.1) is 6.61 Å². The van der Waals surface area contributed by atoms with Gasteiger partial charge in [0.2, 0.25) is 0 Å². The minimum absolute atomic E-state index is 0.225. The van der Waals surface area contributed by atoms with Crippen LogP contribution in [0.1, 0.15) is 43.6 Å². The van der Waals surface area contributed by atoms with Crippen LogP contribution < -0.4 is 20.1 Å². The second-order valence-corrected chi connectivity index (χ2v) is 7.36. The van der Waals surface area contributed by atoms with Crippen molar-refractivity contribution in [1.29, 1.82) is 0 Å². The Morgan fingerprint density at radius 3 is 2.93 bits per heavy atom. The smallest absolute Gasteiger partial charge is 0.191 e. The van der Waals surface area contributed by atoms with Crippen LogP contribution in [0, 0.1) is 6.92 Å². The zero-order chi connectivity index (χ0) is 20.6. The van der Waals surface area contributed by atoms with Gasteiger partial charge in [-0.25, -0.2) is 4.98 Å². The van der Waals surface area contributed by atoms with Gasteiger partial charge in [-0.05, 0) is 45.7 Å². The Bertz CT molecular complexity index is 831. The maximum Gasteiger partial charge on any atom is 0.191 e. The van der Waals surface area contributed by atoms with Crippen molar-refractivity contribution in [3.8, 4) is 11.5 Å². The molecule has 2 heterocycles. The monoisotopic (exact) mass is 399 g/mol. The minimum Gasteiger partial charge on any atom is -0.494 e. The summed E-state index contributed by atoms with van der Waals surface area (Å²) in [5.41, 5.74) is 2.30. The molecule has 1 unspecified atom stereocenters. The Hall–Kier alpha value is -2.70. The first-order valence-electron chi connectivity index (χ1n) is 10.5. The van der Waals surface area contributed by atoms with Gasteiger partial charge in [-0.2, -0.15) is 0 Å². The van der Waals surface area contributed by atoms with Crippen LogP contribution in [-0.4, -0.2) is 41.8 Å². The predicted molar refractivity (Wildman–Crippen MR) is 116 cm³/mol. The summed E-state index contributed by atoms with van der Waals surface area (Å²) < 4.78 is 13.9. The number of nitrogens with zero attached hydrogens (tertiary/aromatic N) is 3. The SMILES string of the molecule is CCOc1cc2c(cc1CNC(=NC)NCCCCn1ccnc1C)OC(C)C2. The van der Waals surface area contributed by atoms with E-state index < -0.39 is 0 Å². The highest BCUT2D eigenvalue weighted by Crippen LogP contribution is 2.35. The molecule has 0 bridgehead atoms. The fourth-order valence-corrected chi connectivity index (χ4v) is 3.56. The van der Waals surface area contributed by atoms with Gasteiger partial charge in [-0.1, -0.05) is 0 Å². The maximum absolute atomic E-state index is 5.91. The number of hydrogen-bond donors (Lipinski definition) is 2. The van der Waals surface area contributed by atoms with Gasteiger partial charge in [-0.3, -0.25) is 4.99 Å². The number of rotatable bonds is 9. The van der Waals surface area contributed by atoms with Crippen LogP contribution in [-0.2, 0) is 19.5 Å². The Labute approximate surface area is 173 Å². The third-order valence-electron chi connectivity index (χ3n) is 5.09. The van der Waals surface area contributed by atoms with Gasteiger partial charge >= 0.3 is 0 Å². The van der Waals surface area contributed by atoms with E-state index in [-0.39, 0.29) is 6.10 Å². The number of aliphatic imine (C=N–C) groups is 1. The number of aryl methyl sites for hydroxylation is 2. The highest BCUT2D eigenvalue weighted by molar-refractivity contribution is 5.79. The van der Waals surface area contributed by atoms with E-state index in [1.165, 1.54) is 5.56 Å². The molecule has 3 rings (SSSR count). The van der Waals surface area contributed by atoms with Crippen molar-refractivity contribution in [2.75, 3.05) is 20.2 Å². The van der Waals surface area contributed by atoms with Crippen LogP contribution >= 0.6 is 0 Å². The number of imidazole rings is 1. The van der Waals surface area contributed by atoms with Crippen LogP contribution in [0.25, 0.3) is 0 Å². The molecule has 158 valence electrons. The quantitative estimate of drug-likeness (QED) is 0.385. The van der Waals surface area contributed by atoms with Crippen molar-refractivity contribution in [3.05, 3.63) is 41.5 Å². The number of hydrogen-bond acceptors (Lipinski definition) is 4. The van der Waals surface area contributed by atoms with Crippen LogP contribution in [0.2, 0.25) is 0 Å². The molecule has 29 heavy (non-hydrogen) atoms. The summed E-state index contributed by atoms with van der Waals surface area (Å²) in [6.45, 7) is 9.28. The first-order valence-corrected chi connectivity index (χ1v) is 10.5. The molecule has 2 N–H and O–H groups in total. The molecule has 7 nitrogen and oxygen atoms in total. The highest BCUT2D eigenvalue weighted by Gasteiger charge is 2.21. The second kappa shape index (κ2) is 10.2. The zero-order valence-electron chi connectivity index (χ0n) is 18.0. The molecule has 1 aromatic heterocycles. The largest absolute Gasteiger partial charge is 0.494 e. The first-order chi connectivity index (χ1) is 14.1. The Balaban J connectivity index is 1.47. The lowest BCUT2D eigenvalue weighted by atomic mass is 10.1. The van der Waals surface area contributed by atoms with Gasteiger partial charge in [0, 0.05) is 56.6 Å². The van der Waals surface area contributed by atoms with Gasteiger partial charge in [0.1, 0.15) is 23.4 Å². The Morgan fingerprint density at radius 2 is 2.21 bits per heavy atom. The maximum atomic E-state index is 5.91. The number of fused-ring (bicyclic) bond motifs is 1. The third-order valence-corrected chi connectivity index (χ3v) is 5.09. The molecule has 1 atom stereocenters. The molecule has 7 heteroatoms. The molecule has 0 saturated carbocycles. The lowest BCUT2D eigenvalue weighted by molar-refractivity contribution is 0.254. The lowest BCUT2D eigenvalue weighted by Gasteiger charge is -2.16. The topological polar surface area (TPSA) is 72.7 Å². The van der Waals surface area contributed by atoms with E-state index in [1.807, 2.05) is 26.2 Å². The molecule has 0 saturated heterocycles. The van der Waals surface area contributed by atoms with Gasteiger partial charge in [0.15, 0.2) is 5.96 Å². The zero-order valence-corrected chi connectivity index (χ0v) is 18.0. The fraction of sp³-hybridized carbons (Fsp3) is 0.545. The average Bonchev–Trinajstić information content (AvgIpc) is 3.28. The molecule has 1 aliphatic heterocycles. The molecule has 0 aliphatic carbocycles. The third kappa shape index (κ3) is 5.65. The summed E-state index contributed by atoms with van der Waals surface area (Å²) in [6, 6.07) is 4.21. The highest BCUT2D eigenvalue weighted by atomic mass is 16.5. The average molecular weight is 400 g/mol. The standard InChI is InChI=1S/C22H33N5O2/c1-5-28-20-13-18-12-16(2)29-21(18)14-19(20)15-26-22(23-4)25-8-6-7-10-27-11-9-24-17(27)3/h9,11,13-14,16H,5-8,10,12,15H2,1-4H3,(H2,23,25,26). The van der Waals surface area contributed by atoms with Crippen molar-refractivity contribution in [2.24, 2.45) is 4.99 Å². The predicted octanol–water partition coefficient (Wildman–Crippen LogP) is 3.06. The molecular formula is C22H33N5O2. The van der Waals surface area contributed by atoms with Crippen molar-refractivity contribution < 1.29 is 9.47 Å². The Morgan fingerprint density at radius 1 is 1.34 bits per heavy atom. The minimum atomic E-state index is 0.225. The first kappa shape index (κ1) is 21.0. The van der Waals surface area contributed by atoms with E-state index in [9.17, 15) is 0 Å². The van der Waals surface area contributed by atoms with Crippen molar-refractivity contribution in [1.82, 2.24) is 20.2 Å². The molecule has 0 amide bonds. The number of aromatic nitrogens is 2. The number of benzene rings is 1. The molecule has 2 aromatic rings. The molecule has 1 aliphatic rings. The molecule has 0 fully saturated rings. The number of ether oxygens (including phenoxy) is 2. The second-order valence-electron chi connectivity index (χ2n) is 7.36. The van der Waals surface area contributed by atoms with Crippen molar-refractivity contribution in [2.45, 2.75) is 59.2 Å². The van der Waals surface area contributed by atoms with Crippen LogP contribution in [0.15, 0.2) is 29.5 Å². The summed E-state index contributed by atoms with van der Waals surface area (Å²) in [6.07, 6.45) is 7.19. The van der Waals surface area contributed by atoms with Gasteiger partial charge in [-0.15, -0.1) is 0 Å². The van der Waals surface area contributed by atoms with Gasteiger partial charge in [0.25, 0.3) is 0 Å². The molecule has 0 radical (unpaired) electrons. The fourth-order valence-electron chi connectivity index (χ4n) is 3.56. The van der Waals surface area contributed by atoms with Gasteiger partial charge < -0.3 is 24.7 Å². The van der Waals surface area contributed by atoms with E-state index >= 15 is 0 Å². The normalized spacial score (nSPS) is 15.7. The summed E-state index contributed by atoms with van der Waals surface area (Å²) in [5.74, 6) is 3.74. The van der Waals surface area contributed by atoms with E-state index in [0.29, 0.717) is 13.2 Å². The lowest BCUT2D eigenvalue weighted by Crippen LogP contribution is -2.37. The van der Waals surface area contributed by atoms with Crippen molar-refractivity contribution in [3.63, 3.8) is 0 Å². The van der Waals surface area contributed by atoms with Crippen LogP contribution in [0.4, 0.5) is 0 Å². The Kier molecular flexibility index (Phi) is 7.38. The van der Waals surface area contributed by atoms with Crippen LogP contribution in [0.5, 0.6) is 11.5 Å². The summed E-state index contributed by atoms with van der Waals surface area (Å²) in [5, 5.41) is 6.78. The number of unbranched alkanes of at least 4 members (excludes halogenated alkanes) is 1. The summed E-state index contributed by atoms with van der Waals surface area (Å²) in [4.78, 5) is 8.59. The van der Waals surface area contributed by atoms with E-state index in [1.54, 1.807) is 7.05 Å². The number of nitrogens with one attached hydrogen (secondary N) is 2. The summed E-state index contributed by atoms with van der Waals surface area (Å²) >= 11 is 0. The molecular weight excluding hydrogens is 366 g/mol. The number of guanidine groups is 1. The summed E-state index contributed by atoms with van der Waals surface area (Å²) in [7, 11) is 1.79.